The smallest absolute Gasteiger partial charge is 0.320 e. The molecule has 122 valence electrons. The number of aliphatic hydroxyl groups is 2. The molecule has 0 aliphatic carbocycles. The molecule has 2 fully saturated rings. The molecule has 1 spiro atoms. The molecule has 2 saturated heterocycles. The van der Waals surface area contributed by atoms with E-state index in [2.05, 4.69) is 0 Å². The van der Waals surface area contributed by atoms with E-state index in [1.165, 1.54) is 0 Å². The molecule has 3 atom stereocenters. The van der Waals surface area contributed by atoms with Crippen molar-refractivity contribution in [1.82, 2.24) is 4.90 Å². The zero-order valence-electron chi connectivity index (χ0n) is 12.2. The van der Waals surface area contributed by atoms with Gasteiger partial charge in [-0.1, -0.05) is 0 Å². The van der Waals surface area contributed by atoms with Gasteiger partial charge in [0.2, 0.25) is 5.79 Å². The average molecular weight is 305 g/mol. The highest BCUT2D eigenvalue weighted by Crippen LogP contribution is 2.28. The van der Waals surface area contributed by atoms with E-state index in [-0.39, 0.29) is 32.3 Å². The minimum Gasteiger partial charge on any atom is -0.465 e. The van der Waals surface area contributed by atoms with Gasteiger partial charge in [0.1, 0.15) is 12.7 Å². The van der Waals surface area contributed by atoms with Gasteiger partial charge >= 0.3 is 5.97 Å². The predicted molar refractivity (Wildman–Crippen MR) is 70.5 cm³/mol. The van der Waals surface area contributed by atoms with Crippen LogP contribution < -0.4 is 0 Å². The number of carbonyl (C=O) groups excluding carboxylic acids is 1. The molecule has 2 aliphatic heterocycles. The summed E-state index contributed by atoms with van der Waals surface area (Å²) in [7, 11) is 0. The van der Waals surface area contributed by atoms with Crippen molar-refractivity contribution in [1.29, 1.82) is 0 Å². The summed E-state index contributed by atoms with van der Waals surface area (Å²) in [5.74, 6) is -1.40. The van der Waals surface area contributed by atoms with Crippen LogP contribution in [-0.4, -0.2) is 91.7 Å². The first kappa shape index (κ1) is 16.6. The second-order valence-electron chi connectivity index (χ2n) is 5.25. The highest BCUT2D eigenvalue weighted by molar-refractivity contribution is 5.71. The zero-order valence-corrected chi connectivity index (χ0v) is 12.2. The molecule has 21 heavy (non-hydrogen) atoms. The third-order valence-corrected chi connectivity index (χ3v) is 3.38. The molecule has 2 aliphatic rings. The van der Waals surface area contributed by atoms with Gasteiger partial charge in [-0.05, 0) is 6.92 Å². The van der Waals surface area contributed by atoms with Crippen LogP contribution in [0.15, 0.2) is 0 Å². The molecule has 0 aromatic rings. The van der Waals surface area contributed by atoms with E-state index in [4.69, 9.17) is 18.9 Å². The molecule has 0 unspecified atom stereocenters. The minimum absolute atomic E-state index is 0.0998. The van der Waals surface area contributed by atoms with Crippen LogP contribution in [-0.2, 0) is 23.7 Å². The zero-order chi connectivity index (χ0) is 15.3. The molecule has 0 bridgehead atoms. The van der Waals surface area contributed by atoms with Gasteiger partial charge in [-0.2, -0.15) is 0 Å². The second kappa shape index (κ2) is 7.48. The van der Waals surface area contributed by atoms with E-state index in [0.29, 0.717) is 26.3 Å². The van der Waals surface area contributed by atoms with Gasteiger partial charge in [0.15, 0.2) is 0 Å². The maximum Gasteiger partial charge on any atom is 0.320 e. The van der Waals surface area contributed by atoms with Gasteiger partial charge in [0.05, 0.1) is 45.6 Å². The van der Waals surface area contributed by atoms with Crippen molar-refractivity contribution in [2.75, 3.05) is 52.7 Å². The van der Waals surface area contributed by atoms with E-state index in [1.807, 2.05) is 4.90 Å². The first-order valence-electron chi connectivity index (χ1n) is 7.14. The van der Waals surface area contributed by atoms with Crippen molar-refractivity contribution in [3.63, 3.8) is 0 Å². The summed E-state index contributed by atoms with van der Waals surface area (Å²) in [6, 6.07) is 0. The van der Waals surface area contributed by atoms with Crippen molar-refractivity contribution in [3.05, 3.63) is 0 Å². The van der Waals surface area contributed by atoms with Gasteiger partial charge < -0.3 is 29.2 Å². The van der Waals surface area contributed by atoms with Gasteiger partial charge in [0.25, 0.3) is 0 Å². The van der Waals surface area contributed by atoms with Crippen LogP contribution in [0.5, 0.6) is 0 Å². The number of aliphatic hydroxyl groups excluding tert-OH is 2. The summed E-state index contributed by atoms with van der Waals surface area (Å²) in [5, 5.41) is 18.6. The van der Waals surface area contributed by atoms with Gasteiger partial charge in [-0.15, -0.1) is 0 Å². The highest BCUT2D eigenvalue weighted by Gasteiger charge is 2.46. The lowest BCUT2D eigenvalue weighted by Gasteiger charge is -2.48. The largest absolute Gasteiger partial charge is 0.465 e. The van der Waals surface area contributed by atoms with Crippen LogP contribution in [0.4, 0.5) is 0 Å². The summed E-state index contributed by atoms with van der Waals surface area (Å²) in [6.07, 6.45) is -0.949. The van der Waals surface area contributed by atoms with Crippen molar-refractivity contribution in [3.8, 4) is 0 Å². The molecule has 2 N–H and O–H groups in total. The van der Waals surface area contributed by atoms with E-state index >= 15 is 0 Å². The molecule has 2 rings (SSSR count). The topological polar surface area (TPSA) is 97.7 Å². The number of rotatable bonds is 5. The molecular formula is C13H23NO7. The van der Waals surface area contributed by atoms with E-state index in [1.54, 1.807) is 6.92 Å². The lowest BCUT2D eigenvalue weighted by atomic mass is 10.1. The second-order valence-corrected chi connectivity index (χ2v) is 5.25. The fourth-order valence-corrected chi connectivity index (χ4v) is 2.63. The highest BCUT2D eigenvalue weighted by atomic mass is 16.7. The normalized spacial score (nSPS) is 34.0. The number of morpholine rings is 1. The Hall–Kier alpha value is -0.770. The van der Waals surface area contributed by atoms with E-state index < -0.39 is 18.0 Å². The summed E-state index contributed by atoms with van der Waals surface area (Å²) < 4.78 is 21.9. The lowest BCUT2D eigenvalue weighted by Crippen LogP contribution is -2.64. The summed E-state index contributed by atoms with van der Waals surface area (Å²) in [5.41, 5.74) is 0. The predicted octanol–water partition coefficient (Wildman–Crippen LogP) is -1.65. The van der Waals surface area contributed by atoms with Gasteiger partial charge in [0, 0.05) is 6.54 Å². The molecule has 0 aromatic heterocycles. The van der Waals surface area contributed by atoms with E-state index in [0.717, 1.165) is 0 Å². The summed E-state index contributed by atoms with van der Waals surface area (Å²) >= 11 is 0. The molecule has 0 radical (unpaired) electrons. The number of nitrogens with zero attached hydrogens (tertiary/aromatic N) is 1. The van der Waals surface area contributed by atoms with Crippen LogP contribution >= 0.6 is 0 Å². The fourth-order valence-electron chi connectivity index (χ4n) is 2.63. The third kappa shape index (κ3) is 4.35. The minimum atomic E-state index is -1.07. The molecular weight excluding hydrogens is 282 g/mol. The Morgan fingerprint density at radius 1 is 1.33 bits per heavy atom. The van der Waals surface area contributed by atoms with Crippen molar-refractivity contribution < 1.29 is 34.0 Å². The van der Waals surface area contributed by atoms with Crippen LogP contribution in [0.25, 0.3) is 0 Å². The van der Waals surface area contributed by atoms with E-state index in [9.17, 15) is 15.0 Å². The SMILES string of the molecule is CCOC(=O)CN1C[C@H](CO)O[C@@]2(COC[C@@H](CO)O2)C1. The quantitative estimate of drug-likeness (QED) is 0.583. The summed E-state index contributed by atoms with van der Waals surface area (Å²) in [6.45, 7) is 3.03. The Balaban J connectivity index is 2.02. The fraction of sp³-hybridized carbons (Fsp3) is 0.923. The van der Waals surface area contributed by atoms with Crippen LogP contribution in [0, 0.1) is 0 Å². The molecule has 2 heterocycles. The van der Waals surface area contributed by atoms with Gasteiger partial charge in [-0.3, -0.25) is 9.69 Å². The number of esters is 1. The first-order chi connectivity index (χ1) is 10.1. The Morgan fingerprint density at radius 3 is 2.71 bits per heavy atom. The summed E-state index contributed by atoms with van der Waals surface area (Å²) in [4.78, 5) is 13.4. The first-order valence-corrected chi connectivity index (χ1v) is 7.14. The maximum atomic E-state index is 11.6. The molecule has 0 aromatic carbocycles. The standard InChI is InChI=1S/C13H23NO7/c1-2-19-12(17)4-14-3-10(5-15)20-13(8-14)9-18-7-11(6-16)21-13/h10-11,15-16H,2-9H2,1H3/t10-,11-,13+/m1/s1. The molecule has 0 amide bonds. The molecule has 8 nitrogen and oxygen atoms in total. The average Bonchev–Trinajstić information content (AvgIpc) is 2.46. The molecule has 8 heteroatoms. The van der Waals surface area contributed by atoms with Crippen molar-refractivity contribution in [2.45, 2.75) is 24.9 Å². The Morgan fingerprint density at radius 2 is 2.05 bits per heavy atom. The van der Waals surface area contributed by atoms with Crippen LogP contribution in [0.1, 0.15) is 6.92 Å². The number of hydrogen-bond donors (Lipinski definition) is 2. The Bertz CT molecular complexity index is 349. The van der Waals surface area contributed by atoms with Gasteiger partial charge in [-0.25, -0.2) is 0 Å². The van der Waals surface area contributed by atoms with Crippen LogP contribution in [0.3, 0.4) is 0 Å². The number of ether oxygens (including phenoxy) is 4. The third-order valence-electron chi connectivity index (χ3n) is 3.38. The van der Waals surface area contributed by atoms with Crippen molar-refractivity contribution in [2.24, 2.45) is 0 Å². The van der Waals surface area contributed by atoms with Crippen molar-refractivity contribution >= 4 is 5.97 Å². The number of carbonyl (C=O) groups is 1. The van der Waals surface area contributed by atoms with Crippen LogP contribution in [0.2, 0.25) is 0 Å². The lowest BCUT2D eigenvalue weighted by molar-refractivity contribution is -0.356. The molecule has 0 saturated carbocycles. The number of hydrogen-bond acceptors (Lipinski definition) is 8. The maximum absolute atomic E-state index is 11.6. The monoisotopic (exact) mass is 305 g/mol. The Labute approximate surface area is 123 Å². The Kier molecular flexibility index (Phi) is 5.91.